The molecule has 0 unspecified atom stereocenters. The Bertz CT molecular complexity index is 1620. The number of rotatable bonds is 12. The molecule has 1 aromatic heterocycles. The summed E-state index contributed by atoms with van der Waals surface area (Å²) in [6.07, 6.45) is 5.76. The number of aromatic nitrogens is 2. The van der Waals surface area contributed by atoms with E-state index in [9.17, 15) is 14.0 Å². The number of thiocarbonyl (C=S) groups is 1. The zero-order valence-electron chi connectivity index (χ0n) is 22.6. The van der Waals surface area contributed by atoms with E-state index in [2.05, 4.69) is 0 Å². The number of amides is 1. The van der Waals surface area contributed by atoms with Gasteiger partial charge in [0, 0.05) is 30.3 Å². The van der Waals surface area contributed by atoms with Crippen LogP contribution in [0.25, 0.3) is 23.0 Å². The molecule has 5 rings (SSSR count). The number of nitrogens with zero attached hydrogens (tertiary/aromatic N) is 3. The van der Waals surface area contributed by atoms with Crippen molar-refractivity contribution >= 4 is 46.3 Å². The molecule has 3 aromatic carbocycles. The lowest BCUT2D eigenvalue weighted by Gasteiger charge is -2.13. The number of benzene rings is 3. The first-order valence-corrected chi connectivity index (χ1v) is 14.7. The second kappa shape index (κ2) is 13.6. The molecule has 214 valence electrons. The van der Waals surface area contributed by atoms with Gasteiger partial charge in [0.1, 0.15) is 28.2 Å². The fraction of sp³-hybridized carbons (Fsp3) is 0.188. The van der Waals surface area contributed by atoms with Gasteiger partial charge in [0.25, 0.3) is 5.91 Å². The monoisotopic (exact) mass is 601 g/mol. The van der Waals surface area contributed by atoms with Gasteiger partial charge in [-0.15, -0.1) is 0 Å². The summed E-state index contributed by atoms with van der Waals surface area (Å²) in [6.45, 7) is 0.735. The third-order valence-electron chi connectivity index (χ3n) is 6.62. The molecule has 1 fully saturated rings. The zero-order chi connectivity index (χ0) is 29.5. The lowest BCUT2D eigenvalue weighted by Crippen LogP contribution is -2.29. The van der Waals surface area contributed by atoms with E-state index in [4.69, 9.17) is 27.2 Å². The Kier molecular flexibility index (Phi) is 9.45. The predicted octanol–water partition coefficient (Wildman–Crippen LogP) is 7.10. The highest BCUT2D eigenvalue weighted by Crippen LogP contribution is 2.35. The standard InChI is InChI=1S/C32H28FN3O4S2/c33-25-15-13-22(14-16-25)21-40-27-11-7-8-23(18-27)30-24(20-36(34-30)26-9-3-1-4-10-26)19-28-31(39)35(32(41)42-28)17-6-2-5-12-29(37)38/h1,3-4,7-11,13-16,18-20H,2,5-6,12,17,21H2,(H,37,38)/b28-19-. The van der Waals surface area contributed by atoms with Crippen molar-refractivity contribution in [3.8, 4) is 22.7 Å². The quantitative estimate of drug-likeness (QED) is 0.105. The summed E-state index contributed by atoms with van der Waals surface area (Å²) in [7, 11) is 0. The second-order valence-electron chi connectivity index (χ2n) is 9.69. The summed E-state index contributed by atoms with van der Waals surface area (Å²) in [4.78, 5) is 26.1. The van der Waals surface area contributed by atoms with Crippen molar-refractivity contribution in [3.05, 3.63) is 107 Å². The van der Waals surface area contributed by atoms with Gasteiger partial charge >= 0.3 is 5.97 Å². The molecule has 0 aliphatic carbocycles. The number of aliphatic carboxylic acids is 1. The fourth-order valence-corrected chi connectivity index (χ4v) is 5.77. The molecule has 42 heavy (non-hydrogen) atoms. The molecule has 0 bridgehead atoms. The van der Waals surface area contributed by atoms with Gasteiger partial charge in [0.2, 0.25) is 0 Å². The van der Waals surface area contributed by atoms with Gasteiger partial charge in [-0.2, -0.15) is 5.10 Å². The van der Waals surface area contributed by atoms with E-state index in [0.29, 0.717) is 46.5 Å². The van der Waals surface area contributed by atoms with E-state index in [-0.39, 0.29) is 24.8 Å². The number of ether oxygens (including phenoxy) is 1. The Morgan fingerprint density at radius 1 is 1.02 bits per heavy atom. The largest absolute Gasteiger partial charge is 0.489 e. The van der Waals surface area contributed by atoms with E-state index in [1.807, 2.05) is 66.9 Å². The number of carboxylic acid groups (broad SMARTS) is 1. The summed E-state index contributed by atoms with van der Waals surface area (Å²) in [5.41, 5.74) is 3.94. The molecule has 1 amide bonds. The first kappa shape index (κ1) is 29.2. The van der Waals surface area contributed by atoms with E-state index < -0.39 is 5.97 Å². The van der Waals surface area contributed by atoms with E-state index >= 15 is 0 Å². The van der Waals surface area contributed by atoms with Gasteiger partial charge in [-0.1, -0.05) is 72.9 Å². The molecule has 1 saturated heterocycles. The Hall–Kier alpha value is -4.28. The molecule has 0 atom stereocenters. The predicted molar refractivity (Wildman–Crippen MR) is 166 cm³/mol. The molecule has 1 N–H and O–H groups in total. The highest BCUT2D eigenvalue weighted by atomic mass is 32.2. The van der Waals surface area contributed by atoms with Gasteiger partial charge in [-0.3, -0.25) is 14.5 Å². The number of unbranched alkanes of at least 4 members (excludes halogenated alkanes) is 2. The summed E-state index contributed by atoms with van der Waals surface area (Å²) in [5, 5.41) is 13.7. The average molecular weight is 602 g/mol. The smallest absolute Gasteiger partial charge is 0.303 e. The summed E-state index contributed by atoms with van der Waals surface area (Å²) >= 11 is 6.76. The molecule has 4 aromatic rings. The molecule has 0 saturated carbocycles. The minimum Gasteiger partial charge on any atom is -0.489 e. The van der Waals surface area contributed by atoms with Gasteiger partial charge in [0.05, 0.1) is 10.6 Å². The van der Waals surface area contributed by atoms with E-state index in [0.717, 1.165) is 22.4 Å². The van der Waals surface area contributed by atoms with Crippen LogP contribution >= 0.6 is 24.0 Å². The van der Waals surface area contributed by atoms with Gasteiger partial charge in [-0.05, 0) is 60.9 Å². The van der Waals surface area contributed by atoms with Crippen LogP contribution in [0.2, 0.25) is 0 Å². The maximum absolute atomic E-state index is 13.3. The molecule has 1 aliphatic heterocycles. The molecule has 7 nitrogen and oxygen atoms in total. The molecular formula is C32H28FN3O4S2. The second-order valence-corrected chi connectivity index (χ2v) is 11.4. The van der Waals surface area contributed by atoms with Crippen LogP contribution < -0.4 is 4.74 Å². The van der Waals surface area contributed by atoms with Crippen LogP contribution in [0.3, 0.4) is 0 Å². The summed E-state index contributed by atoms with van der Waals surface area (Å²) < 4.78 is 21.5. The number of carboxylic acids is 1. The Morgan fingerprint density at radius 3 is 2.57 bits per heavy atom. The van der Waals surface area contributed by atoms with Crippen LogP contribution in [0.15, 0.2) is 90.0 Å². The lowest BCUT2D eigenvalue weighted by molar-refractivity contribution is -0.137. The first-order valence-electron chi connectivity index (χ1n) is 13.5. The first-order chi connectivity index (χ1) is 20.4. The van der Waals surface area contributed by atoms with Gasteiger partial charge in [-0.25, -0.2) is 9.07 Å². The minimum absolute atomic E-state index is 0.116. The van der Waals surface area contributed by atoms with Crippen molar-refractivity contribution in [2.24, 2.45) is 0 Å². The van der Waals surface area contributed by atoms with Crippen molar-refractivity contribution in [1.82, 2.24) is 14.7 Å². The topological polar surface area (TPSA) is 84.7 Å². The highest BCUT2D eigenvalue weighted by Gasteiger charge is 2.32. The number of hydrogen-bond acceptors (Lipinski definition) is 6. The number of thioether (sulfide) groups is 1. The van der Waals surface area contributed by atoms with Crippen LogP contribution in [-0.2, 0) is 16.2 Å². The fourth-order valence-electron chi connectivity index (χ4n) is 4.47. The maximum atomic E-state index is 13.3. The average Bonchev–Trinajstić information content (AvgIpc) is 3.53. The zero-order valence-corrected chi connectivity index (χ0v) is 24.2. The number of carbonyl (C=O) groups is 2. The van der Waals surface area contributed by atoms with Crippen molar-refractivity contribution < 1.29 is 23.8 Å². The molecule has 0 radical (unpaired) electrons. The van der Waals surface area contributed by atoms with Crippen molar-refractivity contribution in [2.75, 3.05) is 6.54 Å². The van der Waals surface area contributed by atoms with Gasteiger partial charge in [0.15, 0.2) is 0 Å². The van der Waals surface area contributed by atoms with Crippen LogP contribution in [0.4, 0.5) is 4.39 Å². The van der Waals surface area contributed by atoms with Crippen LogP contribution in [0.1, 0.15) is 36.8 Å². The number of halogens is 1. The van der Waals surface area contributed by atoms with E-state index in [1.165, 1.54) is 23.9 Å². The molecule has 1 aliphatic rings. The van der Waals surface area contributed by atoms with Gasteiger partial charge < -0.3 is 9.84 Å². The molecule has 2 heterocycles. The van der Waals surface area contributed by atoms with Crippen LogP contribution in [0, 0.1) is 5.82 Å². The highest BCUT2D eigenvalue weighted by molar-refractivity contribution is 8.26. The lowest BCUT2D eigenvalue weighted by atomic mass is 10.1. The number of para-hydroxylation sites is 1. The number of carbonyl (C=O) groups excluding carboxylic acids is 1. The Balaban J connectivity index is 1.39. The summed E-state index contributed by atoms with van der Waals surface area (Å²) in [6, 6.07) is 23.4. The van der Waals surface area contributed by atoms with Crippen LogP contribution in [-0.4, -0.2) is 42.5 Å². The van der Waals surface area contributed by atoms with Crippen molar-refractivity contribution in [3.63, 3.8) is 0 Å². The minimum atomic E-state index is -0.819. The molecule has 10 heteroatoms. The molecule has 0 spiro atoms. The Labute approximate surface area is 252 Å². The van der Waals surface area contributed by atoms with Crippen molar-refractivity contribution in [1.29, 1.82) is 0 Å². The van der Waals surface area contributed by atoms with E-state index in [1.54, 1.807) is 21.7 Å². The number of hydrogen-bond donors (Lipinski definition) is 1. The third kappa shape index (κ3) is 7.32. The van der Waals surface area contributed by atoms with Crippen molar-refractivity contribution in [2.45, 2.75) is 32.3 Å². The normalized spacial score (nSPS) is 14.1. The third-order valence-corrected chi connectivity index (χ3v) is 8.00. The van der Waals surface area contributed by atoms with Crippen LogP contribution in [0.5, 0.6) is 5.75 Å². The SMILES string of the molecule is O=C(O)CCCCCN1C(=O)/C(=C/c2cn(-c3ccccc3)nc2-c2cccc(OCc3ccc(F)cc3)c2)SC1=S. The maximum Gasteiger partial charge on any atom is 0.303 e. The Morgan fingerprint density at radius 2 is 1.81 bits per heavy atom. The molecular weight excluding hydrogens is 574 g/mol. The summed E-state index contributed by atoms with van der Waals surface area (Å²) in [5.74, 6) is -0.653.